The van der Waals surface area contributed by atoms with Crippen molar-refractivity contribution in [3.05, 3.63) is 23.0 Å². The minimum atomic E-state index is -0.879. The molecule has 90 valence electrons. The Morgan fingerprint density at radius 2 is 2.53 bits per heavy atom. The standard InChI is InChI=1S/C10H12N4O3/c15-3-6-1-2-7(17-6)14-5-13-8-9(14)11-4-12-10(8)16/h4-7,15H,1-3H2,(H,11,12,16)/t6-,7+/m0/s1/i1T,2T/t1?,2?,6-,7+. The summed E-state index contributed by atoms with van der Waals surface area (Å²) in [7, 11) is 0. The Bertz CT molecular complexity index is 658. The Kier molecular flexibility index (Phi) is 1.94. The molecule has 7 nitrogen and oxygen atoms in total. The minimum absolute atomic E-state index is 0.160. The number of aromatic amines is 1. The second-order valence-electron chi connectivity index (χ2n) is 3.69. The Labute approximate surface area is 98.9 Å². The summed E-state index contributed by atoms with van der Waals surface area (Å²) in [5.41, 5.74) is 0.0912. The molecule has 0 saturated carbocycles. The predicted octanol–water partition coefficient (Wildman–Crippen LogP) is -0.211. The molecule has 17 heavy (non-hydrogen) atoms. The number of imidazole rings is 1. The molecule has 0 aliphatic carbocycles. The molecule has 2 unspecified atom stereocenters. The van der Waals surface area contributed by atoms with E-state index in [1.54, 1.807) is 0 Å². The van der Waals surface area contributed by atoms with E-state index in [0.29, 0.717) is 5.65 Å². The lowest BCUT2D eigenvalue weighted by Crippen LogP contribution is -2.14. The zero-order chi connectivity index (χ0) is 13.6. The van der Waals surface area contributed by atoms with Crippen LogP contribution < -0.4 is 5.56 Å². The van der Waals surface area contributed by atoms with Gasteiger partial charge in [-0.25, -0.2) is 9.97 Å². The topological polar surface area (TPSA) is 93.0 Å². The summed E-state index contributed by atoms with van der Waals surface area (Å²) < 4.78 is 22.7. The fraction of sp³-hybridized carbons (Fsp3) is 0.500. The van der Waals surface area contributed by atoms with Crippen LogP contribution >= 0.6 is 0 Å². The van der Waals surface area contributed by atoms with Crippen molar-refractivity contribution in [2.24, 2.45) is 0 Å². The second kappa shape index (κ2) is 3.94. The highest BCUT2D eigenvalue weighted by molar-refractivity contribution is 5.68. The molecular weight excluding hydrogens is 224 g/mol. The van der Waals surface area contributed by atoms with Crippen LogP contribution in [0.25, 0.3) is 11.2 Å². The van der Waals surface area contributed by atoms with Gasteiger partial charge in [0.2, 0.25) is 0 Å². The summed E-state index contributed by atoms with van der Waals surface area (Å²) in [5.74, 6) is 0. The maximum absolute atomic E-state index is 11.5. The van der Waals surface area contributed by atoms with Crippen LogP contribution in [0.3, 0.4) is 0 Å². The number of aliphatic hydroxyl groups excluding tert-OH is 1. The third kappa shape index (κ3) is 1.63. The molecule has 0 amide bonds. The molecule has 2 N–H and O–H groups in total. The van der Waals surface area contributed by atoms with Gasteiger partial charge in [-0.1, -0.05) is 0 Å². The number of hydrogen-bond donors (Lipinski definition) is 2. The van der Waals surface area contributed by atoms with Gasteiger partial charge in [-0.3, -0.25) is 9.36 Å². The van der Waals surface area contributed by atoms with E-state index in [1.807, 2.05) is 0 Å². The van der Waals surface area contributed by atoms with Crippen LogP contribution in [0, 0.1) is 0 Å². The minimum Gasteiger partial charge on any atom is -0.394 e. The summed E-state index contributed by atoms with van der Waals surface area (Å²) >= 11 is 0. The van der Waals surface area contributed by atoms with E-state index in [2.05, 4.69) is 15.0 Å². The Morgan fingerprint density at radius 1 is 1.65 bits per heavy atom. The average molecular weight is 240 g/mol. The number of nitrogens with one attached hydrogen (secondary N) is 1. The summed E-state index contributed by atoms with van der Waals surface area (Å²) in [6.07, 6.45) is -0.611. The average Bonchev–Trinajstić information content (AvgIpc) is 2.94. The van der Waals surface area contributed by atoms with Crippen LogP contribution in [0.2, 0.25) is 0 Å². The first kappa shape index (κ1) is 8.37. The fourth-order valence-corrected chi connectivity index (χ4v) is 1.80. The lowest BCUT2D eigenvalue weighted by molar-refractivity contribution is -0.0207. The van der Waals surface area contributed by atoms with Gasteiger partial charge in [-0.15, -0.1) is 0 Å². The molecule has 1 fully saturated rings. The van der Waals surface area contributed by atoms with Gasteiger partial charge in [0.05, 0.1) is 25.4 Å². The molecule has 4 atom stereocenters. The van der Waals surface area contributed by atoms with Gasteiger partial charge < -0.3 is 14.8 Å². The van der Waals surface area contributed by atoms with Crippen LogP contribution in [0.5, 0.6) is 0 Å². The summed E-state index contributed by atoms with van der Waals surface area (Å²) in [6, 6.07) is 0. The van der Waals surface area contributed by atoms with Crippen molar-refractivity contribution in [3.8, 4) is 0 Å². The number of H-pyrrole nitrogens is 1. The molecule has 0 bridgehead atoms. The van der Waals surface area contributed by atoms with Crippen molar-refractivity contribution in [1.82, 2.24) is 19.5 Å². The summed E-state index contributed by atoms with van der Waals surface area (Å²) in [4.78, 5) is 21.9. The Hall–Kier alpha value is -1.73. The molecule has 2 aromatic rings. The molecule has 1 aliphatic heterocycles. The van der Waals surface area contributed by atoms with E-state index in [1.165, 1.54) is 17.2 Å². The molecule has 3 rings (SSSR count). The molecule has 0 radical (unpaired) electrons. The van der Waals surface area contributed by atoms with Crippen molar-refractivity contribution in [1.29, 1.82) is 0 Å². The third-order valence-electron chi connectivity index (χ3n) is 2.62. The van der Waals surface area contributed by atoms with Crippen LogP contribution in [-0.4, -0.2) is 37.3 Å². The van der Waals surface area contributed by atoms with Gasteiger partial charge in [0.25, 0.3) is 5.56 Å². The maximum atomic E-state index is 11.5. The first-order valence-corrected chi connectivity index (χ1v) is 5.14. The van der Waals surface area contributed by atoms with Crippen molar-refractivity contribution in [2.75, 3.05) is 6.61 Å². The smallest absolute Gasteiger partial charge is 0.278 e. The van der Waals surface area contributed by atoms with Crippen molar-refractivity contribution in [2.45, 2.75) is 25.1 Å². The van der Waals surface area contributed by atoms with E-state index in [9.17, 15) is 4.79 Å². The molecule has 3 heterocycles. The lowest BCUT2D eigenvalue weighted by Gasteiger charge is -2.13. The molecule has 0 spiro atoms. The predicted molar refractivity (Wildman–Crippen MR) is 58.4 cm³/mol. The molecule has 2 aromatic heterocycles. The lowest BCUT2D eigenvalue weighted by atomic mass is 10.2. The first-order valence-electron chi connectivity index (χ1n) is 6.30. The van der Waals surface area contributed by atoms with Gasteiger partial charge in [0.1, 0.15) is 6.23 Å². The van der Waals surface area contributed by atoms with Gasteiger partial charge in [0, 0.05) is 2.74 Å². The second-order valence-corrected chi connectivity index (χ2v) is 3.69. The first-order chi connectivity index (χ1) is 9.13. The van der Waals surface area contributed by atoms with E-state index in [0.717, 1.165) is 0 Å². The van der Waals surface area contributed by atoms with Crippen LogP contribution in [-0.2, 0) is 4.74 Å². The van der Waals surface area contributed by atoms with Crippen molar-refractivity contribution in [3.63, 3.8) is 0 Å². The number of rotatable bonds is 2. The highest BCUT2D eigenvalue weighted by Crippen LogP contribution is 2.29. The number of hydrogen-bond acceptors (Lipinski definition) is 5. The van der Waals surface area contributed by atoms with E-state index >= 15 is 0 Å². The molecular formula is C10H12N4O3. The molecule has 0 aromatic carbocycles. The fourth-order valence-electron chi connectivity index (χ4n) is 1.80. The van der Waals surface area contributed by atoms with Gasteiger partial charge >= 0.3 is 0 Å². The molecule has 1 saturated heterocycles. The third-order valence-corrected chi connectivity index (χ3v) is 2.62. The highest BCUT2D eigenvalue weighted by Gasteiger charge is 2.27. The number of aromatic nitrogens is 4. The van der Waals surface area contributed by atoms with Crippen molar-refractivity contribution < 1.29 is 12.6 Å². The zero-order valence-corrected chi connectivity index (χ0v) is 8.78. The summed E-state index contributed by atoms with van der Waals surface area (Å²) in [5, 5.41) is 9.10. The van der Waals surface area contributed by atoms with E-state index in [4.69, 9.17) is 12.6 Å². The van der Waals surface area contributed by atoms with Gasteiger partial charge in [-0.2, -0.15) is 0 Å². The number of nitrogens with zero attached hydrogens (tertiary/aromatic N) is 3. The number of fused-ring (bicyclic) bond motifs is 1. The van der Waals surface area contributed by atoms with Crippen LogP contribution in [0.15, 0.2) is 17.4 Å². The largest absolute Gasteiger partial charge is 0.394 e. The molecule has 1 aliphatic rings. The molecule has 7 heteroatoms. The monoisotopic (exact) mass is 240 g/mol. The number of aliphatic hydroxyl groups is 1. The number of ether oxygens (including phenoxy) is 1. The van der Waals surface area contributed by atoms with Crippen LogP contribution in [0.4, 0.5) is 0 Å². The Balaban J connectivity index is 2.06. The maximum Gasteiger partial charge on any atom is 0.278 e. The van der Waals surface area contributed by atoms with Gasteiger partial charge in [0.15, 0.2) is 11.2 Å². The van der Waals surface area contributed by atoms with E-state index < -0.39 is 25.1 Å². The summed E-state index contributed by atoms with van der Waals surface area (Å²) in [6.45, 7) is -0.319. The van der Waals surface area contributed by atoms with Gasteiger partial charge in [-0.05, 0) is 12.8 Å². The SMILES string of the molecule is [3H]C1C([3H])[C@@H](CO)O[C@H]1n1cnc2c(=O)[nH]cnc21. The van der Waals surface area contributed by atoms with Crippen LogP contribution in [0.1, 0.15) is 21.8 Å². The Morgan fingerprint density at radius 3 is 3.29 bits per heavy atom. The van der Waals surface area contributed by atoms with Crippen molar-refractivity contribution >= 4 is 11.2 Å². The van der Waals surface area contributed by atoms with E-state index in [-0.39, 0.29) is 17.7 Å². The zero-order valence-electron chi connectivity index (χ0n) is 10.8. The highest BCUT2D eigenvalue weighted by atomic mass is 16.5. The normalized spacial score (nSPS) is 34.9. The quantitative estimate of drug-likeness (QED) is 0.757.